The zero-order valence-corrected chi connectivity index (χ0v) is 19.9. The summed E-state index contributed by atoms with van der Waals surface area (Å²) < 4.78 is 29.5. The van der Waals surface area contributed by atoms with Crippen molar-refractivity contribution in [1.29, 1.82) is 0 Å². The summed E-state index contributed by atoms with van der Waals surface area (Å²) in [7, 11) is 0. The standard InChI is InChI=1S/La.Nb.4H2O.Pb.Ti.Zr.2H/h;;4*1H2;;;;;/q;;;;;;;+4;;;/p-4. The summed E-state index contributed by atoms with van der Waals surface area (Å²) in [4.78, 5) is 0. The van der Waals surface area contributed by atoms with Gasteiger partial charge in [-0.3, -0.25) is 0 Å². The molecule has 0 aliphatic heterocycles. The molecule has 0 aromatic carbocycles. The van der Waals surface area contributed by atoms with E-state index in [4.69, 9.17) is 14.8 Å². The van der Waals surface area contributed by atoms with Crippen LogP contribution in [0.4, 0.5) is 0 Å². The minimum atomic E-state index is -5.00. The van der Waals surface area contributed by atoms with E-state index in [2.05, 4.69) is 0 Å². The van der Waals surface area contributed by atoms with Gasteiger partial charge >= 0.3 is 60.2 Å². The van der Waals surface area contributed by atoms with Crippen LogP contribution in [-0.4, -0.2) is 42.1 Å². The summed E-state index contributed by atoms with van der Waals surface area (Å²) in [5, 5.41) is 0. The number of hydrogen-bond donors (Lipinski definition) is 4. The zero-order chi connectivity index (χ0) is 4.50. The first kappa shape index (κ1) is 29.2. The maximum absolute atomic E-state index is 7.38. The summed E-state index contributed by atoms with van der Waals surface area (Å²) in [5.74, 6) is 0. The van der Waals surface area contributed by atoms with Gasteiger partial charge in [-0.2, -0.15) is 0 Å². The molecular formula is H6LaNbO4PbTiZr. The van der Waals surface area contributed by atoms with Crippen molar-refractivity contribution in [1.82, 2.24) is 0 Å². The molecule has 0 saturated heterocycles. The molecule has 4 N–H and O–H groups in total. The Labute approximate surface area is 141 Å². The first-order chi connectivity index (χ1) is 2.00. The molecule has 0 aromatic rings. The van der Waals surface area contributed by atoms with E-state index in [0.29, 0.717) is 0 Å². The Morgan fingerprint density at radius 1 is 0.889 bits per heavy atom. The molecule has 0 bridgehead atoms. The van der Waals surface area contributed by atoms with Crippen LogP contribution < -0.4 is 0 Å². The minimum absolute atomic E-state index is 0. The molecule has 0 rings (SSSR count). The van der Waals surface area contributed by atoms with Crippen molar-refractivity contribution in [2.75, 3.05) is 0 Å². The van der Waals surface area contributed by atoms with Gasteiger partial charge in [0.1, 0.15) is 0 Å². The van der Waals surface area contributed by atoms with Gasteiger partial charge in [-0.15, -0.1) is 0 Å². The first-order valence-corrected chi connectivity index (χ1v) is 3.69. The van der Waals surface area contributed by atoms with Crippen molar-refractivity contribution >= 4 is 27.3 Å². The van der Waals surface area contributed by atoms with Gasteiger partial charge in [0.2, 0.25) is 0 Å². The summed E-state index contributed by atoms with van der Waals surface area (Å²) in [5.41, 5.74) is 0. The van der Waals surface area contributed by atoms with Crippen molar-refractivity contribution in [2.45, 2.75) is 0 Å². The fourth-order valence-corrected chi connectivity index (χ4v) is 0. The van der Waals surface area contributed by atoms with E-state index in [1.165, 1.54) is 0 Å². The fraction of sp³-hybridized carbons (Fsp3) is 0. The number of hydrogen-bond acceptors (Lipinski definition) is 4. The van der Waals surface area contributed by atoms with Crippen LogP contribution >= 0.6 is 0 Å². The normalized spacial score (nSPS) is 6.67. The molecule has 0 unspecified atom stereocenters. The van der Waals surface area contributed by atoms with Gasteiger partial charge in [0.15, 0.2) is 0 Å². The van der Waals surface area contributed by atoms with Crippen molar-refractivity contribution < 1.29 is 117 Å². The Bertz CT molecular complexity index is 36.0. The van der Waals surface area contributed by atoms with Crippen LogP contribution in [0, 0.1) is 35.6 Å². The van der Waals surface area contributed by atoms with E-state index in [1.807, 2.05) is 0 Å². The van der Waals surface area contributed by atoms with Gasteiger partial charge < -0.3 is 0 Å². The van der Waals surface area contributed by atoms with Gasteiger partial charge in [0, 0.05) is 84.2 Å². The molecule has 9 heavy (non-hydrogen) atoms. The average Bonchev–Trinajstić information content (AvgIpc) is 0.722. The second-order valence-electron chi connectivity index (χ2n) is 0.600. The van der Waals surface area contributed by atoms with Gasteiger partial charge in [0.05, 0.1) is 0 Å². The molecule has 0 heterocycles. The minimum Gasteiger partial charge on any atom is 0 e. The van der Waals surface area contributed by atoms with Gasteiger partial charge in [-0.1, -0.05) is 0 Å². The third kappa shape index (κ3) is 70.6. The maximum Gasteiger partial charge on any atom is 0 e. The topological polar surface area (TPSA) is 80.9 Å². The monoisotopic (exact) mass is 648 g/mol. The third-order valence-corrected chi connectivity index (χ3v) is 0. The van der Waals surface area contributed by atoms with Crippen LogP contribution in [0.3, 0.4) is 0 Å². The Hall–Kier alpha value is 4.29. The quantitative estimate of drug-likeness (QED) is 0.210. The SMILES string of the molecule is [La].[Nb].[OH][Ti]([OH])([OH])[OH].[PbH2].[Zr]. The maximum atomic E-state index is 7.38. The Kier molecular flexibility index (Phi) is 48.0. The van der Waals surface area contributed by atoms with E-state index in [-0.39, 0.29) is 111 Å². The first-order valence-electron chi connectivity index (χ1n) is 0.894. The molecular weight excluding hydrogens is 642 g/mol. The molecule has 9 heteroatoms. The Balaban J connectivity index is -0.0000000133. The van der Waals surface area contributed by atoms with Gasteiger partial charge in [-0.05, 0) is 0 Å². The predicted octanol–water partition coefficient (Wildman–Crippen LogP) is -3.15. The van der Waals surface area contributed by atoms with Crippen molar-refractivity contribution in [3.8, 4) is 0 Å². The Morgan fingerprint density at radius 2 is 0.889 bits per heavy atom. The van der Waals surface area contributed by atoms with Crippen molar-refractivity contribution in [2.24, 2.45) is 0 Å². The fourth-order valence-electron chi connectivity index (χ4n) is 0. The molecule has 0 saturated carbocycles. The molecule has 0 spiro atoms. The summed E-state index contributed by atoms with van der Waals surface area (Å²) in [6.45, 7) is 0. The second kappa shape index (κ2) is 14.8. The van der Waals surface area contributed by atoms with E-state index in [1.54, 1.807) is 0 Å². The summed E-state index contributed by atoms with van der Waals surface area (Å²) in [6, 6.07) is 0. The average molecular weight is 648 g/mol. The molecule has 0 fully saturated rings. The molecule has 0 aliphatic rings. The molecule has 0 amide bonds. The van der Waals surface area contributed by atoms with Crippen LogP contribution in [0.15, 0.2) is 0 Å². The van der Waals surface area contributed by atoms with Crippen LogP contribution in [0.25, 0.3) is 0 Å². The zero-order valence-electron chi connectivity index (χ0n) is 4.52. The van der Waals surface area contributed by atoms with Crippen LogP contribution in [0.5, 0.6) is 0 Å². The molecule has 0 aliphatic carbocycles. The van der Waals surface area contributed by atoms with Crippen LogP contribution in [-0.2, 0) is 66.7 Å². The third-order valence-electron chi connectivity index (χ3n) is 0. The van der Waals surface area contributed by atoms with Gasteiger partial charge in [-0.25, -0.2) is 0 Å². The second-order valence-corrected chi connectivity index (χ2v) is 2.47. The van der Waals surface area contributed by atoms with Crippen LogP contribution in [0.1, 0.15) is 0 Å². The molecule has 4 nitrogen and oxygen atoms in total. The smallest absolute Gasteiger partial charge is 0 e. The number of rotatable bonds is 0. The van der Waals surface area contributed by atoms with Crippen molar-refractivity contribution in [3.63, 3.8) is 0 Å². The summed E-state index contributed by atoms with van der Waals surface area (Å²) in [6.07, 6.45) is 0. The largest absolute Gasteiger partial charge is 0 e. The van der Waals surface area contributed by atoms with Crippen molar-refractivity contribution in [3.05, 3.63) is 0 Å². The summed E-state index contributed by atoms with van der Waals surface area (Å²) >= 11 is -5.00. The molecule has 0 atom stereocenters. The molecule has 0 aromatic heterocycles. The van der Waals surface area contributed by atoms with E-state index in [0.717, 1.165) is 0 Å². The Morgan fingerprint density at radius 3 is 0.889 bits per heavy atom. The molecule has 50 valence electrons. The van der Waals surface area contributed by atoms with E-state index >= 15 is 0 Å². The van der Waals surface area contributed by atoms with Crippen LogP contribution in [0.2, 0.25) is 0 Å². The predicted molar refractivity (Wildman–Crippen MR) is 17.4 cm³/mol. The van der Waals surface area contributed by atoms with E-state index < -0.39 is 18.1 Å². The van der Waals surface area contributed by atoms with Gasteiger partial charge in [0.25, 0.3) is 0 Å². The molecule has 4 radical (unpaired) electrons. The van der Waals surface area contributed by atoms with E-state index in [9.17, 15) is 0 Å².